The molecule has 76 valence electrons. The number of fused-ring (bicyclic) bond motifs is 1. The zero-order chi connectivity index (χ0) is 10.4. The summed E-state index contributed by atoms with van der Waals surface area (Å²) in [6.45, 7) is 6.91. The zero-order valence-electron chi connectivity index (χ0n) is 9.09. The molecule has 0 atom stereocenters. The molecule has 14 heavy (non-hydrogen) atoms. The van der Waals surface area contributed by atoms with Crippen molar-refractivity contribution in [3.05, 3.63) is 36.0 Å². The summed E-state index contributed by atoms with van der Waals surface area (Å²) < 4.78 is 0. The molecule has 1 aliphatic rings. The van der Waals surface area contributed by atoms with Crippen LogP contribution in [0, 0.1) is 0 Å². The van der Waals surface area contributed by atoms with Crippen LogP contribution in [0.3, 0.4) is 0 Å². The lowest BCUT2D eigenvalue weighted by Crippen LogP contribution is -2.14. The van der Waals surface area contributed by atoms with Gasteiger partial charge in [0.05, 0.1) is 6.67 Å². The SMILES string of the molecule is CC.CC1=CNCNc2ccccc21. The van der Waals surface area contributed by atoms with E-state index in [2.05, 4.69) is 35.8 Å². The molecule has 0 amide bonds. The van der Waals surface area contributed by atoms with E-state index >= 15 is 0 Å². The Kier molecular flexibility index (Phi) is 4.05. The molecule has 0 saturated heterocycles. The second-order valence-corrected chi connectivity index (χ2v) is 2.93. The molecule has 1 heterocycles. The molecule has 0 spiro atoms. The largest absolute Gasteiger partial charge is 0.374 e. The summed E-state index contributed by atoms with van der Waals surface area (Å²) in [5.41, 5.74) is 3.76. The minimum absolute atomic E-state index is 0.800. The molecular formula is C12H18N2. The number of allylic oxidation sites excluding steroid dienone is 1. The monoisotopic (exact) mass is 190 g/mol. The molecule has 1 aromatic carbocycles. The molecule has 0 bridgehead atoms. The van der Waals surface area contributed by atoms with Gasteiger partial charge in [-0.1, -0.05) is 32.0 Å². The molecule has 1 aromatic rings. The first-order valence-corrected chi connectivity index (χ1v) is 5.11. The molecule has 0 unspecified atom stereocenters. The van der Waals surface area contributed by atoms with Crippen LogP contribution < -0.4 is 10.6 Å². The number of para-hydroxylation sites is 1. The zero-order valence-corrected chi connectivity index (χ0v) is 9.09. The molecule has 0 saturated carbocycles. The second-order valence-electron chi connectivity index (χ2n) is 2.93. The average Bonchev–Trinajstić information content (AvgIpc) is 2.45. The number of anilines is 1. The van der Waals surface area contributed by atoms with E-state index in [-0.39, 0.29) is 0 Å². The fourth-order valence-corrected chi connectivity index (χ4v) is 1.41. The Balaban J connectivity index is 0.000000461. The third-order valence-electron chi connectivity index (χ3n) is 2.05. The first-order valence-electron chi connectivity index (χ1n) is 5.11. The number of nitrogens with one attached hydrogen (secondary N) is 2. The van der Waals surface area contributed by atoms with Crippen molar-refractivity contribution in [2.75, 3.05) is 12.0 Å². The van der Waals surface area contributed by atoms with Gasteiger partial charge in [-0.3, -0.25) is 0 Å². The summed E-state index contributed by atoms with van der Waals surface area (Å²) in [7, 11) is 0. The lowest BCUT2D eigenvalue weighted by Gasteiger charge is -2.06. The molecule has 1 aliphatic heterocycles. The highest BCUT2D eigenvalue weighted by Gasteiger charge is 2.04. The molecule has 0 aromatic heterocycles. The first-order chi connectivity index (χ1) is 6.88. The van der Waals surface area contributed by atoms with Crippen LogP contribution in [0.5, 0.6) is 0 Å². The van der Waals surface area contributed by atoms with Gasteiger partial charge < -0.3 is 10.6 Å². The Hall–Kier alpha value is -1.44. The maximum absolute atomic E-state index is 3.29. The van der Waals surface area contributed by atoms with Crippen molar-refractivity contribution < 1.29 is 0 Å². The van der Waals surface area contributed by atoms with Gasteiger partial charge in [-0.2, -0.15) is 0 Å². The van der Waals surface area contributed by atoms with Crippen molar-refractivity contribution in [3.63, 3.8) is 0 Å². The fourth-order valence-electron chi connectivity index (χ4n) is 1.41. The number of benzene rings is 1. The smallest absolute Gasteiger partial charge is 0.0845 e. The molecule has 2 heteroatoms. The Morgan fingerprint density at radius 2 is 1.86 bits per heavy atom. The van der Waals surface area contributed by atoms with E-state index in [1.165, 1.54) is 16.8 Å². The van der Waals surface area contributed by atoms with E-state index in [4.69, 9.17) is 0 Å². The quantitative estimate of drug-likeness (QED) is 0.657. The van der Waals surface area contributed by atoms with Gasteiger partial charge in [0.25, 0.3) is 0 Å². The van der Waals surface area contributed by atoms with Crippen LogP contribution in [-0.2, 0) is 0 Å². The Labute approximate surface area is 86.0 Å². The van der Waals surface area contributed by atoms with Gasteiger partial charge in [-0.25, -0.2) is 0 Å². The minimum atomic E-state index is 0.800. The van der Waals surface area contributed by atoms with Crippen LogP contribution in [0.1, 0.15) is 26.3 Å². The van der Waals surface area contributed by atoms with Crippen molar-refractivity contribution in [1.29, 1.82) is 0 Å². The van der Waals surface area contributed by atoms with Gasteiger partial charge in [0.2, 0.25) is 0 Å². The van der Waals surface area contributed by atoms with E-state index in [0.717, 1.165) is 6.67 Å². The summed E-state index contributed by atoms with van der Waals surface area (Å²) >= 11 is 0. The third kappa shape index (κ3) is 2.28. The van der Waals surface area contributed by atoms with Crippen LogP contribution in [0.25, 0.3) is 5.57 Å². The van der Waals surface area contributed by atoms with Gasteiger partial charge in [-0.15, -0.1) is 0 Å². The Morgan fingerprint density at radius 3 is 2.64 bits per heavy atom. The Bertz CT molecular complexity index is 316. The maximum Gasteiger partial charge on any atom is 0.0845 e. The molecule has 0 radical (unpaired) electrons. The van der Waals surface area contributed by atoms with E-state index in [9.17, 15) is 0 Å². The van der Waals surface area contributed by atoms with Gasteiger partial charge in [0.15, 0.2) is 0 Å². The minimum Gasteiger partial charge on any atom is -0.374 e. The van der Waals surface area contributed by atoms with Gasteiger partial charge >= 0.3 is 0 Å². The highest BCUT2D eigenvalue weighted by molar-refractivity contribution is 5.75. The molecular weight excluding hydrogens is 172 g/mol. The molecule has 2 nitrogen and oxygen atoms in total. The van der Waals surface area contributed by atoms with Crippen molar-refractivity contribution in [2.45, 2.75) is 20.8 Å². The van der Waals surface area contributed by atoms with Crippen molar-refractivity contribution in [3.8, 4) is 0 Å². The van der Waals surface area contributed by atoms with E-state index in [0.29, 0.717) is 0 Å². The number of rotatable bonds is 0. The molecule has 0 aliphatic carbocycles. The lowest BCUT2D eigenvalue weighted by atomic mass is 10.1. The number of hydrogen-bond donors (Lipinski definition) is 2. The summed E-state index contributed by atoms with van der Waals surface area (Å²) in [5, 5.41) is 6.46. The predicted octanol–water partition coefficient (Wildman–Crippen LogP) is 3.05. The third-order valence-corrected chi connectivity index (χ3v) is 2.05. The van der Waals surface area contributed by atoms with Gasteiger partial charge in [-0.05, 0) is 18.6 Å². The van der Waals surface area contributed by atoms with Gasteiger partial charge in [0, 0.05) is 17.5 Å². The van der Waals surface area contributed by atoms with Crippen LogP contribution in [0.4, 0.5) is 5.69 Å². The lowest BCUT2D eigenvalue weighted by molar-refractivity contribution is 0.940. The first kappa shape index (κ1) is 10.6. The summed E-state index contributed by atoms with van der Waals surface area (Å²) in [4.78, 5) is 0. The second kappa shape index (κ2) is 5.32. The van der Waals surface area contributed by atoms with Crippen LogP contribution in [-0.4, -0.2) is 6.67 Å². The van der Waals surface area contributed by atoms with Crippen LogP contribution >= 0.6 is 0 Å². The molecule has 0 fully saturated rings. The summed E-state index contributed by atoms with van der Waals surface area (Å²) in [6, 6.07) is 8.33. The van der Waals surface area contributed by atoms with E-state index < -0.39 is 0 Å². The topological polar surface area (TPSA) is 24.1 Å². The molecule has 2 N–H and O–H groups in total. The van der Waals surface area contributed by atoms with Crippen LogP contribution in [0.15, 0.2) is 30.5 Å². The average molecular weight is 190 g/mol. The van der Waals surface area contributed by atoms with Gasteiger partial charge in [0.1, 0.15) is 0 Å². The molecule has 2 rings (SSSR count). The van der Waals surface area contributed by atoms with E-state index in [1.54, 1.807) is 0 Å². The maximum atomic E-state index is 3.29. The van der Waals surface area contributed by atoms with E-state index in [1.807, 2.05) is 26.1 Å². The fraction of sp³-hybridized carbons (Fsp3) is 0.333. The standard InChI is InChI=1S/C10H12N2.C2H6/c1-8-6-11-7-12-10-5-3-2-4-9(8)10;1-2/h2-6,11-12H,7H2,1H3;1-2H3. The highest BCUT2D eigenvalue weighted by Crippen LogP contribution is 2.23. The predicted molar refractivity (Wildman–Crippen MR) is 63.1 cm³/mol. The van der Waals surface area contributed by atoms with Crippen molar-refractivity contribution >= 4 is 11.3 Å². The summed E-state index contributed by atoms with van der Waals surface area (Å²) in [5.74, 6) is 0. The van der Waals surface area contributed by atoms with Crippen LogP contribution in [0.2, 0.25) is 0 Å². The normalized spacial score (nSPS) is 13.2. The highest BCUT2D eigenvalue weighted by atomic mass is 15.1. The number of hydrogen-bond acceptors (Lipinski definition) is 2. The van der Waals surface area contributed by atoms with Crippen molar-refractivity contribution in [1.82, 2.24) is 5.32 Å². The Morgan fingerprint density at radius 1 is 1.14 bits per heavy atom. The summed E-state index contributed by atoms with van der Waals surface area (Å²) in [6.07, 6.45) is 2.04. The van der Waals surface area contributed by atoms with Crippen molar-refractivity contribution in [2.24, 2.45) is 0 Å².